The van der Waals surface area contributed by atoms with Crippen LogP contribution in [0.3, 0.4) is 0 Å². The molecule has 0 radical (unpaired) electrons. The Balaban J connectivity index is 1.36. The van der Waals surface area contributed by atoms with Crippen molar-refractivity contribution >= 4 is 17.7 Å². The average molecular weight is 397 g/mol. The Hall–Kier alpha value is -1.78. The first-order valence-corrected chi connectivity index (χ1v) is 11.6. The third kappa shape index (κ3) is 6.99. The van der Waals surface area contributed by atoms with Crippen LogP contribution in [0.1, 0.15) is 52.7 Å². The molecule has 4 heteroatoms. The predicted octanol–water partition coefficient (Wildman–Crippen LogP) is 5.03. The fraction of sp³-hybridized carbons (Fsp3) is 0.458. The van der Waals surface area contributed by atoms with Gasteiger partial charge in [-0.1, -0.05) is 54.8 Å². The smallest absolute Gasteiger partial charge is 0.251 e. The van der Waals surface area contributed by atoms with E-state index in [-0.39, 0.29) is 5.91 Å². The fourth-order valence-corrected chi connectivity index (χ4v) is 4.35. The summed E-state index contributed by atoms with van der Waals surface area (Å²) < 4.78 is 0. The molecule has 0 aliphatic carbocycles. The van der Waals surface area contributed by atoms with Gasteiger partial charge in [0.25, 0.3) is 5.91 Å². The van der Waals surface area contributed by atoms with Crippen molar-refractivity contribution in [2.75, 3.05) is 25.4 Å². The van der Waals surface area contributed by atoms with Crippen molar-refractivity contribution in [3.8, 4) is 0 Å². The number of likely N-dealkylation sites (tertiary alicyclic amines) is 1. The molecule has 1 amide bonds. The highest BCUT2D eigenvalue weighted by molar-refractivity contribution is 7.98. The maximum absolute atomic E-state index is 12.3. The van der Waals surface area contributed by atoms with Crippen LogP contribution in [0.4, 0.5) is 0 Å². The van der Waals surface area contributed by atoms with Crippen LogP contribution in [0.2, 0.25) is 0 Å². The minimum atomic E-state index is 0.0252. The SMILES string of the molecule is Cc1ccc(CSCCNC(=O)c2ccc(CN3CCCCCC3)cc2)cc1. The van der Waals surface area contributed by atoms with Crippen LogP contribution in [-0.2, 0) is 12.3 Å². The summed E-state index contributed by atoms with van der Waals surface area (Å²) in [6, 6.07) is 16.8. The Labute approximate surface area is 173 Å². The molecule has 1 aliphatic rings. The number of hydrogen-bond acceptors (Lipinski definition) is 3. The predicted molar refractivity (Wildman–Crippen MR) is 120 cm³/mol. The molecular formula is C24H32N2OS. The van der Waals surface area contributed by atoms with E-state index in [0.717, 1.165) is 23.6 Å². The lowest BCUT2D eigenvalue weighted by Crippen LogP contribution is -2.26. The number of hydrogen-bond donors (Lipinski definition) is 1. The van der Waals surface area contributed by atoms with Gasteiger partial charge in [-0.2, -0.15) is 11.8 Å². The molecule has 0 atom stereocenters. The number of thioether (sulfide) groups is 1. The fourth-order valence-electron chi connectivity index (χ4n) is 3.53. The minimum Gasteiger partial charge on any atom is -0.351 e. The van der Waals surface area contributed by atoms with Crippen molar-refractivity contribution in [1.82, 2.24) is 10.2 Å². The van der Waals surface area contributed by atoms with Gasteiger partial charge >= 0.3 is 0 Å². The number of benzene rings is 2. The molecule has 1 fully saturated rings. The summed E-state index contributed by atoms with van der Waals surface area (Å²) in [6.07, 6.45) is 5.34. The summed E-state index contributed by atoms with van der Waals surface area (Å²) in [5.74, 6) is 1.94. The minimum absolute atomic E-state index is 0.0252. The quantitative estimate of drug-likeness (QED) is 0.635. The summed E-state index contributed by atoms with van der Waals surface area (Å²) in [6.45, 7) is 6.20. The highest BCUT2D eigenvalue weighted by Crippen LogP contribution is 2.14. The van der Waals surface area contributed by atoms with Crippen molar-refractivity contribution in [1.29, 1.82) is 0 Å². The first-order valence-electron chi connectivity index (χ1n) is 10.4. The molecule has 0 spiro atoms. The molecule has 0 bridgehead atoms. The Morgan fingerprint density at radius 3 is 2.25 bits per heavy atom. The average Bonchev–Trinajstić information content (AvgIpc) is 2.98. The van der Waals surface area contributed by atoms with E-state index in [1.54, 1.807) is 0 Å². The lowest BCUT2D eigenvalue weighted by Gasteiger charge is -2.19. The van der Waals surface area contributed by atoms with Crippen molar-refractivity contribution < 1.29 is 4.79 Å². The number of carbonyl (C=O) groups excluding carboxylic acids is 1. The molecule has 1 aliphatic heterocycles. The van der Waals surface area contributed by atoms with Gasteiger partial charge in [-0.05, 0) is 56.1 Å². The molecule has 3 nitrogen and oxygen atoms in total. The van der Waals surface area contributed by atoms with Crippen molar-refractivity contribution in [2.24, 2.45) is 0 Å². The molecule has 2 aromatic rings. The zero-order chi connectivity index (χ0) is 19.6. The van der Waals surface area contributed by atoms with Gasteiger partial charge in [0.05, 0.1) is 0 Å². The van der Waals surface area contributed by atoms with Crippen LogP contribution in [0, 0.1) is 6.92 Å². The maximum Gasteiger partial charge on any atom is 0.251 e. The Bertz CT molecular complexity index is 719. The number of aryl methyl sites for hydroxylation is 1. The van der Waals surface area contributed by atoms with E-state index in [0.29, 0.717) is 6.54 Å². The summed E-state index contributed by atoms with van der Waals surface area (Å²) in [5, 5.41) is 3.03. The first-order chi connectivity index (χ1) is 13.7. The summed E-state index contributed by atoms with van der Waals surface area (Å²) in [7, 11) is 0. The molecule has 28 heavy (non-hydrogen) atoms. The molecule has 1 N–H and O–H groups in total. The highest BCUT2D eigenvalue weighted by atomic mass is 32.2. The third-order valence-corrected chi connectivity index (χ3v) is 6.27. The zero-order valence-corrected chi connectivity index (χ0v) is 17.8. The van der Waals surface area contributed by atoms with Gasteiger partial charge in [0.2, 0.25) is 0 Å². The highest BCUT2D eigenvalue weighted by Gasteiger charge is 2.10. The molecular weight excluding hydrogens is 364 g/mol. The number of rotatable bonds is 8. The van der Waals surface area contributed by atoms with Crippen LogP contribution in [0.25, 0.3) is 0 Å². The van der Waals surface area contributed by atoms with Crippen LogP contribution in [0.15, 0.2) is 48.5 Å². The van der Waals surface area contributed by atoms with Crippen molar-refractivity contribution in [3.63, 3.8) is 0 Å². The summed E-state index contributed by atoms with van der Waals surface area (Å²) in [4.78, 5) is 14.9. The van der Waals surface area contributed by atoms with Gasteiger partial charge in [-0.3, -0.25) is 9.69 Å². The molecule has 150 valence electrons. The molecule has 0 saturated carbocycles. The van der Waals surface area contributed by atoms with Gasteiger partial charge in [0.15, 0.2) is 0 Å². The maximum atomic E-state index is 12.3. The Morgan fingerprint density at radius 1 is 0.929 bits per heavy atom. The largest absolute Gasteiger partial charge is 0.351 e. The summed E-state index contributed by atoms with van der Waals surface area (Å²) >= 11 is 1.85. The van der Waals surface area contributed by atoms with Crippen LogP contribution in [0.5, 0.6) is 0 Å². The second-order valence-electron chi connectivity index (χ2n) is 7.68. The van der Waals surface area contributed by atoms with E-state index in [4.69, 9.17) is 0 Å². The van der Waals surface area contributed by atoms with Crippen molar-refractivity contribution in [2.45, 2.75) is 44.9 Å². The van der Waals surface area contributed by atoms with Crippen molar-refractivity contribution in [3.05, 3.63) is 70.8 Å². The Kier molecular flexibility index (Phi) is 8.43. The lowest BCUT2D eigenvalue weighted by molar-refractivity contribution is 0.0956. The second-order valence-corrected chi connectivity index (χ2v) is 8.79. The summed E-state index contributed by atoms with van der Waals surface area (Å²) in [5.41, 5.74) is 4.68. The monoisotopic (exact) mass is 396 g/mol. The van der Waals surface area contributed by atoms with Crippen LogP contribution < -0.4 is 5.32 Å². The van der Waals surface area contributed by atoms with Crippen LogP contribution in [-0.4, -0.2) is 36.2 Å². The molecule has 1 saturated heterocycles. The van der Waals surface area contributed by atoms with Gasteiger partial charge in [0.1, 0.15) is 0 Å². The second kappa shape index (κ2) is 11.3. The van der Waals surface area contributed by atoms with Gasteiger partial charge in [-0.15, -0.1) is 0 Å². The van der Waals surface area contributed by atoms with E-state index >= 15 is 0 Å². The lowest BCUT2D eigenvalue weighted by atomic mass is 10.1. The van der Waals surface area contributed by atoms with E-state index in [2.05, 4.69) is 53.5 Å². The number of amides is 1. The van der Waals surface area contributed by atoms with E-state index in [1.807, 2.05) is 23.9 Å². The van der Waals surface area contributed by atoms with E-state index in [9.17, 15) is 4.79 Å². The molecule has 0 unspecified atom stereocenters. The molecule has 1 heterocycles. The normalized spacial score (nSPS) is 15.2. The van der Waals surface area contributed by atoms with Gasteiger partial charge < -0.3 is 5.32 Å². The molecule has 3 rings (SSSR count). The number of nitrogens with one attached hydrogen (secondary N) is 1. The Morgan fingerprint density at radius 2 is 1.57 bits per heavy atom. The number of carbonyl (C=O) groups is 1. The topological polar surface area (TPSA) is 32.3 Å². The standard InChI is InChI=1S/C24H32N2OS/c1-20-6-8-22(9-7-20)19-28-17-14-25-24(27)23-12-10-21(11-13-23)18-26-15-4-2-3-5-16-26/h6-13H,2-5,14-19H2,1H3,(H,25,27). The van der Waals surface area contributed by atoms with Gasteiger partial charge in [-0.25, -0.2) is 0 Å². The van der Waals surface area contributed by atoms with Crippen LogP contribution >= 0.6 is 11.8 Å². The number of nitrogens with zero attached hydrogens (tertiary/aromatic N) is 1. The third-order valence-electron chi connectivity index (χ3n) is 5.24. The zero-order valence-electron chi connectivity index (χ0n) is 17.0. The van der Waals surface area contributed by atoms with Gasteiger partial charge in [0, 0.05) is 30.2 Å². The molecule has 0 aromatic heterocycles. The van der Waals surface area contributed by atoms with E-state index < -0.39 is 0 Å². The molecule has 2 aromatic carbocycles. The van der Waals surface area contributed by atoms with E-state index in [1.165, 1.54) is 55.5 Å². The first kappa shape index (κ1) is 20.9.